The number of aromatic amines is 1. The highest BCUT2D eigenvalue weighted by Crippen LogP contribution is 2.36. The average molecular weight is 565 g/mol. The van der Waals surface area contributed by atoms with Gasteiger partial charge in [0.25, 0.3) is 5.91 Å². The van der Waals surface area contributed by atoms with Gasteiger partial charge in [0.1, 0.15) is 17.3 Å². The molecule has 0 fully saturated rings. The molecular formula is C32H44N4O5. The van der Waals surface area contributed by atoms with Crippen LogP contribution in [0.3, 0.4) is 0 Å². The molecule has 2 heterocycles. The number of rotatable bonds is 7. The van der Waals surface area contributed by atoms with Gasteiger partial charge in [0.2, 0.25) is 5.91 Å². The van der Waals surface area contributed by atoms with Gasteiger partial charge >= 0.3 is 6.09 Å². The number of hydrogen-bond donors (Lipinski definition) is 3. The number of nitrogens with zero attached hydrogens (tertiary/aromatic N) is 1. The van der Waals surface area contributed by atoms with Crippen molar-refractivity contribution in [3.8, 4) is 0 Å². The summed E-state index contributed by atoms with van der Waals surface area (Å²) in [5, 5.41) is 5.90. The Balaban J connectivity index is 1.45. The molecule has 2 aliphatic rings. The van der Waals surface area contributed by atoms with Crippen LogP contribution in [-0.2, 0) is 28.9 Å². The molecule has 1 aliphatic heterocycles. The second-order valence-corrected chi connectivity index (χ2v) is 13.2. The molecule has 1 aromatic carbocycles. The van der Waals surface area contributed by atoms with E-state index in [1.165, 1.54) is 0 Å². The van der Waals surface area contributed by atoms with E-state index < -0.39 is 11.6 Å². The number of anilines is 1. The number of aromatic nitrogens is 1. The van der Waals surface area contributed by atoms with Gasteiger partial charge in [0.15, 0.2) is 5.78 Å². The van der Waals surface area contributed by atoms with Crippen LogP contribution in [0.5, 0.6) is 0 Å². The summed E-state index contributed by atoms with van der Waals surface area (Å²) in [5.41, 5.74) is 4.41. The molecule has 9 heteroatoms. The highest BCUT2D eigenvalue weighted by atomic mass is 16.6. The van der Waals surface area contributed by atoms with Gasteiger partial charge < -0.3 is 25.3 Å². The third kappa shape index (κ3) is 7.18. The number of unbranched alkanes of at least 4 members (excludes halogenated alkanes) is 1. The van der Waals surface area contributed by atoms with Crippen LogP contribution in [0.25, 0.3) is 0 Å². The molecule has 1 unspecified atom stereocenters. The van der Waals surface area contributed by atoms with E-state index in [1.807, 2.05) is 59.7 Å². The van der Waals surface area contributed by atoms with Crippen LogP contribution >= 0.6 is 0 Å². The molecule has 2 aromatic rings. The third-order valence-electron chi connectivity index (χ3n) is 7.73. The summed E-state index contributed by atoms with van der Waals surface area (Å²) in [5.74, 6) is -0.624. The van der Waals surface area contributed by atoms with E-state index in [0.717, 1.165) is 29.7 Å². The lowest BCUT2D eigenvalue weighted by atomic mass is 9.75. The molecule has 3 N–H and O–H groups in total. The highest BCUT2D eigenvalue weighted by molar-refractivity contribution is 6.06. The zero-order chi connectivity index (χ0) is 30.1. The maximum atomic E-state index is 13.4. The number of ketones is 1. The quantitative estimate of drug-likeness (QED) is 0.399. The van der Waals surface area contributed by atoms with Gasteiger partial charge in [-0.15, -0.1) is 0 Å². The van der Waals surface area contributed by atoms with Crippen molar-refractivity contribution in [3.63, 3.8) is 0 Å². The number of Topliss-reactive ketones (excluding diaryl/α,β-unsaturated/α-hetero) is 1. The van der Waals surface area contributed by atoms with E-state index in [2.05, 4.69) is 15.6 Å². The number of ether oxygens (including phenoxy) is 1. The minimum Gasteiger partial charge on any atom is -0.444 e. The van der Waals surface area contributed by atoms with Crippen molar-refractivity contribution in [2.45, 2.75) is 105 Å². The minimum atomic E-state index is -0.729. The Bertz CT molecular complexity index is 1350. The van der Waals surface area contributed by atoms with Crippen molar-refractivity contribution in [2.24, 2.45) is 5.41 Å². The van der Waals surface area contributed by atoms with Crippen molar-refractivity contribution in [3.05, 3.63) is 51.8 Å². The molecule has 9 nitrogen and oxygen atoms in total. The van der Waals surface area contributed by atoms with Crippen LogP contribution in [0.15, 0.2) is 18.2 Å². The Morgan fingerprint density at radius 3 is 2.56 bits per heavy atom. The van der Waals surface area contributed by atoms with Crippen molar-refractivity contribution in [1.29, 1.82) is 0 Å². The predicted molar refractivity (Wildman–Crippen MR) is 158 cm³/mol. The topological polar surface area (TPSA) is 121 Å². The third-order valence-corrected chi connectivity index (χ3v) is 7.73. The second kappa shape index (κ2) is 11.7. The van der Waals surface area contributed by atoms with Gasteiger partial charge in [0, 0.05) is 36.5 Å². The van der Waals surface area contributed by atoms with Gasteiger partial charge in [-0.25, -0.2) is 4.79 Å². The lowest BCUT2D eigenvalue weighted by Crippen LogP contribution is -2.44. The van der Waals surface area contributed by atoms with Gasteiger partial charge in [-0.1, -0.05) is 39.7 Å². The Morgan fingerprint density at radius 2 is 1.88 bits per heavy atom. The maximum absolute atomic E-state index is 13.4. The van der Waals surface area contributed by atoms with Crippen LogP contribution < -0.4 is 10.6 Å². The number of carbonyl (C=O) groups is 4. The van der Waals surface area contributed by atoms with Crippen LogP contribution in [0.1, 0.15) is 110 Å². The summed E-state index contributed by atoms with van der Waals surface area (Å²) in [7, 11) is 0. The number of benzene rings is 1. The Hall–Kier alpha value is -3.62. The molecule has 1 atom stereocenters. The molecule has 41 heavy (non-hydrogen) atoms. The zero-order valence-electron chi connectivity index (χ0n) is 25.5. The fourth-order valence-electron chi connectivity index (χ4n) is 5.71. The molecule has 0 saturated carbocycles. The van der Waals surface area contributed by atoms with Gasteiger partial charge in [0.05, 0.1) is 0 Å². The number of amides is 3. The largest absolute Gasteiger partial charge is 0.444 e. The Labute approximate surface area is 242 Å². The summed E-state index contributed by atoms with van der Waals surface area (Å²) in [6, 6.07) is 4.96. The lowest BCUT2D eigenvalue weighted by molar-refractivity contribution is -0.118. The minimum absolute atomic E-state index is 0.0472. The monoisotopic (exact) mass is 564 g/mol. The standard InChI is InChI=1S/C32H44N4O5/c1-8-9-10-23(35-29(39)27-19(2)26-24(34-27)16-32(6,7)17-25(26)37)28(38)33-22-12-11-21-18-36(14-13-20(21)15-22)30(40)41-31(3,4)5/h11-12,15,23,34H,8-10,13-14,16-18H2,1-7H3,(H,33,38)(H,35,39). The van der Waals surface area contributed by atoms with Crippen molar-refractivity contribution in [1.82, 2.24) is 15.2 Å². The average Bonchev–Trinajstić information content (AvgIpc) is 3.20. The zero-order valence-corrected chi connectivity index (χ0v) is 25.5. The molecule has 1 aromatic heterocycles. The summed E-state index contributed by atoms with van der Waals surface area (Å²) in [6.07, 6.45) is 3.61. The molecule has 1 aliphatic carbocycles. The van der Waals surface area contributed by atoms with Crippen LogP contribution in [-0.4, -0.2) is 51.8 Å². The maximum Gasteiger partial charge on any atom is 0.410 e. The first-order valence-corrected chi connectivity index (χ1v) is 14.6. The molecule has 0 radical (unpaired) electrons. The fourth-order valence-corrected chi connectivity index (χ4v) is 5.71. The van der Waals surface area contributed by atoms with E-state index in [-0.39, 0.29) is 29.1 Å². The highest BCUT2D eigenvalue weighted by Gasteiger charge is 2.36. The molecule has 222 valence electrons. The smallest absolute Gasteiger partial charge is 0.410 e. The SMILES string of the molecule is CCCCC(NC(=O)c1[nH]c2c(c1C)C(=O)CC(C)(C)C2)C(=O)Nc1ccc2c(c1)CCN(C(=O)OC(C)(C)C)C2. The first-order chi connectivity index (χ1) is 19.2. The Kier molecular flexibility index (Phi) is 8.66. The van der Waals surface area contributed by atoms with E-state index in [1.54, 1.807) is 11.8 Å². The first-order valence-electron chi connectivity index (χ1n) is 14.6. The van der Waals surface area contributed by atoms with Crippen LogP contribution in [0, 0.1) is 12.3 Å². The van der Waals surface area contributed by atoms with E-state index in [0.29, 0.717) is 61.3 Å². The molecule has 4 rings (SSSR count). The van der Waals surface area contributed by atoms with E-state index in [9.17, 15) is 19.2 Å². The number of nitrogens with one attached hydrogen (secondary N) is 3. The van der Waals surface area contributed by atoms with Gasteiger partial charge in [-0.3, -0.25) is 14.4 Å². The number of H-pyrrole nitrogens is 1. The fraction of sp³-hybridized carbons (Fsp3) is 0.562. The summed E-state index contributed by atoms with van der Waals surface area (Å²) in [6.45, 7) is 14.5. The number of fused-ring (bicyclic) bond motifs is 2. The molecule has 0 spiro atoms. The summed E-state index contributed by atoms with van der Waals surface area (Å²) < 4.78 is 5.51. The number of carbonyl (C=O) groups excluding carboxylic acids is 4. The normalized spacial score (nSPS) is 16.9. The van der Waals surface area contributed by atoms with Crippen molar-refractivity contribution >= 4 is 29.4 Å². The van der Waals surface area contributed by atoms with Crippen LogP contribution in [0.2, 0.25) is 0 Å². The van der Waals surface area contributed by atoms with Crippen LogP contribution in [0.4, 0.5) is 10.5 Å². The van der Waals surface area contributed by atoms with Crippen molar-refractivity contribution < 1.29 is 23.9 Å². The molecular weight excluding hydrogens is 520 g/mol. The number of hydrogen-bond acceptors (Lipinski definition) is 5. The molecule has 0 bridgehead atoms. The predicted octanol–water partition coefficient (Wildman–Crippen LogP) is 5.70. The van der Waals surface area contributed by atoms with Crippen molar-refractivity contribution in [2.75, 3.05) is 11.9 Å². The van der Waals surface area contributed by atoms with E-state index >= 15 is 0 Å². The molecule has 3 amide bonds. The summed E-state index contributed by atoms with van der Waals surface area (Å²) >= 11 is 0. The van der Waals surface area contributed by atoms with E-state index in [4.69, 9.17) is 4.74 Å². The Morgan fingerprint density at radius 1 is 1.15 bits per heavy atom. The second-order valence-electron chi connectivity index (χ2n) is 13.2. The van der Waals surface area contributed by atoms with Gasteiger partial charge in [-0.2, -0.15) is 0 Å². The van der Waals surface area contributed by atoms with Gasteiger partial charge in [-0.05, 0) is 81.2 Å². The summed E-state index contributed by atoms with van der Waals surface area (Å²) in [4.78, 5) is 56.9. The lowest BCUT2D eigenvalue weighted by Gasteiger charge is -2.31. The molecule has 0 saturated heterocycles. The first kappa shape index (κ1) is 30.3.